The van der Waals surface area contributed by atoms with Crippen molar-refractivity contribution >= 4 is 40.0 Å². The fourth-order valence-electron chi connectivity index (χ4n) is 2.96. The second-order valence-corrected chi connectivity index (χ2v) is 7.39. The highest BCUT2D eigenvalue weighted by Gasteiger charge is 2.13. The molecule has 1 unspecified atom stereocenters. The summed E-state index contributed by atoms with van der Waals surface area (Å²) in [5.41, 5.74) is 1.59. The largest absolute Gasteiger partial charge is 0.349 e. The summed E-state index contributed by atoms with van der Waals surface area (Å²) in [6.07, 6.45) is 0. The van der Waals surface area contributed by atoms with Crippen LogP contribution in [-0.4, -0.2) is 23.3 Å². The number of halogens is 1. The van der Waals surface area contributed by atoms with Crippen molar-refractivity contribution in [3.8, 4) is 0 Å². The number of carbonyl (C=O) groups is 2. The zero-order valence-electron chi connectivity index (χ0n) is 15.4. The summed E-state index contributed by atoms with van der Waals surface area (Å²) in [6.45, 7) is 1.95. The van der Waals surface area contributed by atoms with Crippen LogP contribution >= 0.6 is 11.8 Å². The van der Waals surface area contributed by atoms with E-state index in [0.717, 1.165) is 16.3 Å². The second-order valence-electron chi connectivity index (χ2n) is 6.41. The number of anilines is 1. The molecule has 144 valence electrons. The summed E-state index contributed by atoms with van der Waals surface area (Å²) < 4.78 is 12.9. The lowest BCUT2D eigenvalue weighted by atomic mass is 10.00. The smallest absolute Gasteiger partial charge is 0.234 e. The van der Waals surface area contributed by atoms with Gasteiger partial charge in [0.25, 0.3) is 0 Å². The van der Waals surface area contributed by atoms with Crippen LogP contribution in [0.1, 0.15) is 18.5 Å². The Morgan fingerprint density at radius 3 is 2.39 bits per heavy atom. The van der Waals surface area contributed by atoms with E-state index < -0.39 is 0 Å². The molecule has 0 saturated heterocycles. The zero-order chi connectivity index (χ0) is 19.9. The van der Waals surface area contributed by atoms with Gasteiger partial charge in [-0.25, -0.2) is 4.39 Å². The van der Waals surface area contributed by atoms with Crippen LogP contribution in [0.2, 0.25) is 0 Å². The molecule has 2 amide bonds. The lowest BCUT2D eigenvalue weighted by molar-refractivity contribution is -0.119. The molecular formula is C22H21FN2O2S. The number of nitrogens with one attached hydrogen (secondary N) is 2. The molecule has 28 heavy (non-hydrogen) atoms. The summed E-state index contributed by atoms with van der Waals surface area (Å²) in [5.74, 6) is -0.379. The molecule has 0 aliphatic rings. The molecule has 0 radical (unpaired) electrons. The Morgan fingerprint density at radius 1 is 0.929 bits per heavy atom. The van der Waals surface area contributed by atoms with Gasteiger partial charge in [-0.15, -0.1) is 11.8 Å². The Morgan fingerprint density at radius 2 is 1.61 bits per heavy atom. The van der Waals surface area contributed by atoms with Gasteiger partial charge in [0.15, 0.2) is 0 Å². The van der Waals surface area contributed by atoms with Crippen molar-refractivity contribution in [3.63, 3.8) is 0 Å². The maximum atomic E-state index is 12.9. The molecular weight excluding hydrogens is 375 g/mol. The third-order valence-corrected chi connectivity index (χ3v) is 5.19. The molecule has 0 spiro atoms. The van der Waals surface area contributed by atoms with Crippen molar-refractivity contribution in [3.05, 3.63) is 78.1 Å². The maximum Gasteiger partial charge on any atom is 0.234 e. The molecule has 0 bridgehead atoms. The number of amides is 2. The van der Waals surface area contributed by atoms with Gasteiger partial charge in [0.05, 0.1) is 17.5 Å². The van der Waals surface area contributed by atoms with Crippen LogP contribution in [0.3, 0.4) is 0 Å². The quantitative estimate of drug-likeness (QED) is 0.617. The van der Waals surface area contributed by atoms with Gasteiger partial charge in [0, 0.05) is 5.69 Å². The van der Waals surface area contributed by atoms with Crippen molar-refractivity contribution in [2.24, 2.45) is 0 Å². The van der Waals surface area contributed by atoms with Crippen LogP contribution < -0.4 is 10.6 Å². The fourth-order valence-corrected chi connectivity index (χ4v) is 3.58. The molecule has 3 rings (SSSR count). The summed E-state index contributed by atoms with van der Waals surface area (Å²) in [6, 6.07) is 19.5. The van der Waals surface area contributed by atoms with Crippen molar-refractivity contribution in [2.45, 2.75) is 13.0 Å². The lowest BCUT2D eigenvalue weighted by Gasteiger charge is -2.16. The third-order valence-electron chi connectivity index (χ3n) is 4.26. The van der Waals surface area contributed by atoms with E-state index in [4.69, 9.17) is 0 Å². The maximum absolute atomic E-state index is 12.9. The normalized spacial score (nSPS) is 11.8. The van der Waals surface area contributed by atoms with Crippen molar-refractivity contribution in [1.82, 2.24) is 5.32 Å². The molecule has 0 aliphatic carbocycles. The summed E-state index contributed by atoms with van der Waals surface area (Å²) in [4.78, 5) is 24.1. The van der Waals surface area contributed by atoms with E-state index in [1.807, 2.05) is 49.4 Å². The number of rotatable bonds is 7. The molecule has 1 atom stereocenters. The third kappa shape index (κ3) is 5.33. The molecule has 0 heterocycles. The van der Waals surface area contributed by atoms with Crippen LogP contribution in [-0.2, 0) is 9.59 Å². The van der Waals surface area contributed by atoms with Gasteiger partial charge in [-0.1, -0.05) is 42.5 Å². The van der Waals surface area contributed by atoms with Crippen LogP contribution in [0.15, 0.2) is 66.7 Å². The standard InChI is InChI=1S/C22H21FN2O2S/c1-15(19-8-4-6-16-5-2-3-7-20(16)19)24-21(26)13-28-14-22(27)25-18-11-9-17(23)10-12-18/h2-12,15H,13-14H2,1H3,(H,24,26)(H,25,27). The summed E-state index contributed by atoms with van der Waals surface area (Å²) >= 11 is 1.23. The molecule has 0 aliphatic heterocycles. The number of fused-ring (bicyclic) bond motifs is 1. The first-order chi connectivity index (χ1) is 13.5. The van der Waals surface area contributed by atoms with E-state index in [2.05, 4.69) is 10.6 Å². The lowest BCUT2D eigenvalue weighted by Crippen LogP contribution is -2.29. The molecule has 4 nitrogen and oxygen atoms in total. The van der Waals surface area contributed by atoms with Gasteiger partial charge < -0.3 is 10.6 Å². The average molecular weight is 396 g/mol. The molecule has 6 heteroatoms. The van der Waals surface area contributed by atoms with Crippen molar-refractivity contribution in [2.75, 3.05) is 16.8 Å². The van der Waals surface area contributed by atoms with Crippen molar-refractivity contribution in [1.29, 1.82) is 0 Å². The van der Waals surface area contributed by atoms with Gasteiger partial charge in [0.2, 0.25) is 11.8 Å². The number of hydrogen-bond acceptors (Lipinski definition) is 3. The van der Waals surface area contributed by atoms with Gasteiger partial charge >= 0.3 is 0 Å². The molecule has 0 saturated carbocycles. The minimum atomic E-state index is -0.357. The molecule has 3 aromatic rings. The first-order valence-electron chi connectivity index (χ1n) is 8.93. The first-order valence-corrected chi connectivity index (χ1v) is 10.1. The molecule has 2 N–H and O–H groups in total. The second kappa shape index (κ2) is 9.37. The number of benzene rings is 3. The van der Waals surface area contributed by atoms with Crippen LogP contribution in [0, 0.1) is 5.82 Å². The van der Waals surface area contributed by atoms with Crippen molar-refractivity contribution < 1.29 is 14.0 Å². The van der Waals surface area contributed by atoms with E-state index in [1.165, 1.54) is 36.0 Å². The molecule has 0 fully saturated rings. The van der Waals surface area contributed by atoms with Crippen LogP contribution in [0.5, 0.6) is 0 Å². The van der Waals surface area contributed by atoms with Gasteiger partial charge in [-0.05, 0) is 47.5 Å². The number of hydrogen-bond donors (Lipinski definition) is 2. The minimum Gasteiger partial charge on any atom is -0.349 e. The summed E-state index contributed by atoms with van der Waals surface area (Å²) in [5, 5.41) is 7.90. The van der Waals surface area contributed by atoms with E-state index in [9.17, 15) is 14.0 Å². The zero-order valence-corrected chi connectivity index (χ0v) is 16.3. The molecule has 0 aromatic heterocycles. The Labute approximate surface area is 167 Å². The van der Waals surface area contributed by atoms with Crippen LogP contribution in [0.25, 0.3) is 10.8 Å². The monoisotopic (exact) mass is 396 g/mol. The topological polar surface area (TPSA) is 58.2 Å². The van der Waals surface area contributed by atoms with E-state index in [0.29, 0.717) is 5.69 Å². The van der Waals surface area contributed by atoms with E-state index in [-0.39, 0.29) is 35.2 Å². The highest BCUT2D eigenvalue weighted by atomic mass is 32.2. The number of carbonyl (C=O) groups excluding carboxylic acids is 2. The Bertz CT molecular complexity index is 970. The molecule has 3 aromatic carbocycles. The SMILES string of the molecule is CC(NC(=O)CSCC(=O)Nc1ccc(F)cc1)c1cccc2ccccc12. The highest BCUT2D eigenvalue weighted by Crippen LogP contribution is 2.24. The minimum absolute atomic E-state index is 0.125. The Kier molecular flexibility index (Phi) is 6.66. The fraction of sp³-hybridized carbons (Fsp3) is 0.182. The predicted octanol–water partition coefficient (Wildman–Crippen LogP) is 4.53. The average Bonchev–Trinajstić information content (AvgIpc) is 2.69. The van der Waals surface area contributed by atoms with E-state index in [1.54, 1.807) is 0 Å². The first kappa shape index (κ1) is 19.9. The summed E-state index contributed by atoms with van der Waals surface area (Å²) in [7, 11) is 0. The van der Waals surface area contributed by atoms with Crippen LogP contribution in [0.4, 0.5) is 10.1 Å². The van der Waals surface area contributed by atoms with Gasteiger partial charge in [-0.3, -0.25) is 9.59 Å². The Hall–Kier alpha value is -2.86. The van der Waals surface area contributed by atoms with Gasteiger partial charge in [0.1, 0.15) is 5.82 Å². The Balaban J connectivity index is 1.47. The van der Waals surface area contributed by atoms with Gasteiger partial charge in [-0.2, -0.15) is 0 Å². The van der Waals surface area contributed by atoms with E-state index >= 15 is 0 Å². The predicted molar refractivity (Wildman–Crippen MR) is 113 cm³/mol. The number of thioether (sulfide) groups is 1. The highest BCUT2D eigenvalue weighted by molar-refractivity contribution is 8.00.